The molecule has 5 atom stereocenters. The molecule has 0 aromatic heterocycles. The van der Waals surface area contributed by atoms with Crippen molar-refractivity contribution in [1.29, 1.82) is 0 Å². The third-order valence-electron chi connectivity index (χ3n) is 8.40. The van der Waals surface area contributed by atoms with Crippen LogP contribution in [0.3, 0.4) is 0 Å². The Morgan fingerprint density at radius 1 is 0.972 bits per heavy atom. The molecule has 2 saturated heterocycles. The highest BCUT2D eigenvalue weighted by Crippen LogP contribution is 2.35. The zero-order chi connectivity index (χ0) is 25.1. The molecule has 4 heterocycles. The number of carbonyl (C=O) groups excluding carboxylic acids is 2. The molecule has 36 heavy (non-hydrogen) atoms. The second-order valence-corrected chi connectivity index (χ2v) is 10.7. The minimum absolute atomic E-state index is 0.149. The van der Waals surface area contributed by atoms with Crippen LogP contribution in [0, 0.1) is 6.92 Å². The molecular weight excluding hydrogens is 460 g/mol. The summed E-state index contributed by atoms with van der Waals surface area (Å²) >= 11 is 0. The Hall–Kier alpha value is -2.78. The van der Waals surface area contributed by atoms with Gasteiger partial charge in [-0.15, -0.1) is 0 Å². The number of carbonyl (C=O) groups is 2. The lowest BCUT2D eigenvalue weighted by Gasteiger charge is -2.36. The van der Waals surface area contributed by atoms with Crippen LogP contribution in [-0.2, 0) is 22.5 Å². The van der Waals surface area contributed by atoms with Crippen molar-refractivity contribution in [3.05, 3.63) is 69.3 Å². The Morgan fingerprint density at radius 2 is 1.67 bits per heavy atom. The van der Waals surface area contributed by atoms with E-state index in [1.165, 1.54) is 0 Å². The van der Waals surface area contributed by atoms with Gasteiger partial charge in [-0.05, 0) is 54.7 Å². The highest BCUT2D eigenvalue weighted by molar-refractivity contribution is 5.94. The molecule has 0 radical (unpaired) electrons. The summed E-state index contributed by atoms with van der Waals surface area (Å²) in [5, 5.41) is 22.0. The normalized spacial score (nSPS) is 26.9. The summed E-state index contributed by atoms with van der Waals surface area (Å²) in [6.07, 6.45) is 0.290. The van der Waals surface area contributed by atoms with Gasteiger partial charge < -0.3 is 19.7 Å². The number of piperazine rings is 1. The van der Waals surface area contributed by atoms with E-state index in [4.69, 9.17) is 9.47 Å². The van der Waals surface area contributed by atoms with Gasteiger partial charge in [-0.25, -0.2) is 9.59 Å². The minimum Gasteiger partial charge on any atom is -0.459 e. The number of hydrogen-bond donors (Lipinski definition) is 2. The maximum Gasteiger partial charge on any atom is 0.338 e. The van der Waals surface area contributed by atoms with E-state index >= 15 is 0 Å². The molecule has 0 saturated carbocycles. The molecule has 6 rings (SSSR count). The number of cyclic esters (lactones) is 2. The molecule has 2 aromatic rings. The fourth-order valence-corrected chi connectivity index (χ4v) is 6.44. The number of nitrogens with zero attached hydrogens (tertiary/aromatic N) is 2. The maximum absolute atomic E-state index is 12.1. The predicted molar refractivity (Wildman–Crippen MR) is 131 cm³/mol. The summed E-state index contributed by atoms with van der Waals surface area (Å²) in [5.74, 6) is -0.582. The average molecular weight is 493 g/mol. The summed E-state index contributed by atoms with van der Waals surface area (Å²) in [4.78, 5) is 28.6. The van der Waals surface area contributed by atoms with Crippen LogP contribution in [0.15, 0.2) is 30.3 Å². The summed E-state index contributed by atoms with van der Waals surface area (Å²) in [7, 11) is 0. The average Bonchev–Trinajstić information content (AvgIpc) is 3.53. The molecule has 0 aliphatic carbocycles. The zero-order valence-electron chi connectivity index (χ0n) is 20.6. The van der Waals surface area contributed by atoms with E-state index in [1.807, 2.05) is 32.0 Å². The molecule has 0 unspecified atom stereocenters. The molecule has 4 aliphatic heterocycles. The zero-order valence-corrected chi connectivity index (χ0v) is 20.6. The van der Waals surface area contributed by atoms with Crippen LogP contribution in [0.1, 0.15) is 74.1 Å². The topological polar surface area (TPSA) is 99.5 Å². The lowest BCUT2D eigenvalue weighted by Crippen LogP contribution is -2.48. The number of likely N-dealkylation sites (tertiary alicyclic amines) is 2. The van der Waals surface area contributed by atoms with Gasteiger partial charge >= 0.3 is 11.9 Å². The van der Waals surface area contributed by atoms with Gasteiger partial charge in [0, 0.05) is 50.2 Å². The standard InChI is InChI=1S/C28H32N2O6/c1-15-7-18-8-17(3-4-22(18)28(34)36-15)25(31)12-29-10-20-9-19(29)11-30(20)13-26(32)21-5-6-23-24(16(21)2)14-35-27(23)33/h3-6,8,15,19-20,25-26,31-32H,7,9-14H2,1-2H3/t15-,19+,20+,25+,26-/m0/s1. The van der Waals surface area contributed by atoms with E-state index in [0.29, 0.717) is 42.7 Å². The van der Waals surface area contributed by atoms with Crippen molar-refractivity contribution < 1.29 is 29.3 Å². The highest BCUT2D eigenvalue weighted by Gasteiger charge is 2.44. The Labute approximate surface area is 210 Å². The van der Waals surface area contributed by atoms with Gasteiger partial charge in [-0.1, -0.05) is 18.2 Å². The van der Waals surface area contributed by atoms with Crippen molar-refractivity contribution in [1.82, 2.24) is 9.80 Å². The van der Waals surface area contributed by atoms with Crippen LogP contribution in [0.25, 0.3) is 0 Å². The van der Waals surface area contributed by atoms with Gasteiger partial charge in [0.2, 0.25) is 0 Å². The first kappa shape index (κ1) is 23.6. The Bertz CT molecular complexity index is 1230. The van der Waals surface area contributed by atoms with Crippen LogP contribution in [0.5, 0.6) is 0 Å². The number of aliphatic hydroxyl groups is 2. The number of esters is 2. The fraction of sp³-hybridized carbons (Fsp3) is 0.500. The van der Waals surface area contributed by atoms with E-state index in [1.54, 1.807) is 12.1 Å². The van der Waals surface area contributed by atoms with Gasteiger partial charge in [0.1, 0.15) is 12.7 Å². The molecule has 2 bridgehead atoms. The third kappa shape index (κ3) is 4.02. The second kappa shape index (κ2) is 8.95. The molecule has 8 heteroatoms. The lowest BCUT2D eigenvalue weighted by atomic mass is 9.95. The molecule has 0 spiro atoms. The number of ether oxygens (including phenoxy) is 2. The third-order valence-corrected chi connectivity index (χ3v) is 8.40. The molecule has 2 fully saturated rings. The van der Waals surface area contributed by atoms with E-state index in [2.05, 4.69) is 9.80 Å². The smallest absolute Gasteiger partial charge is 0.338 e. The van der Waals surface area contributed by atoms with Crippen LogP contribution < -0.4 is 0 Å². The second-order valence-electron chi connectivity index (χ2n) is 10.7. The first-order chi connectivity index (χ1) is 17.3. The fourth-order valence-electron chi connectivity index (χ4n) is 6.44. The summed E-state index contributed by atoms with van der Waals surface area (Å²) in [6.45, 7) is 6.92. The van der Waals surface area contributed by atoms with E-state index in [9.17, 15) is 19.8 Å². The van der Waals surface area contributed by atoms with Gasteiger partial charge in [0.25, 0.3) is 0 Å². The summed E-state index contributed by atoms with van der Waals surface area (Å²) in [6, 6.07) is 9.85. The van der Waals surface area contributed by atoms with Crippen molar-refractivity contribution in [2.75, 3.05) is 26.2 Å². The van der Waals surface area contributed by atoms with Crippen LogP contribution in [-0.4, -0.2) is 76.3 Å². The quantitative estimate of drug-likeness (QED) is 0.593. The molecule has 2 N–H and O–H groups in total. The number of β-amino-alcohol motifs (C(OH)–C–C–N with tert-alkyl or cyclic N) is 2. The Balaban J connectivity index is 1.07. The van der Waals surface area contributed by atoms with E-state index in [-0.39, 0.29) is 24.6 Å². The molecular formula is C28H32N2O6. The van der Waals surface area contributed by atoms with Crippen molar-refractivity contribution in [2.45, 2.75) is 63.7 Å². The van der Waals surface area contributed by atoms with Crippen LogP contribution in [0.4, 0.5) is 0 Å². The van der Waals surface area contributed by atoms with Gasteiger partial charge in [0.05, 0.1) is 23.3 Å². The summed E-state index contributed by atoms with van der Waals surface area (Å²) < 4.78 is 10.4. The van der Waals surface area contributed by atoms with Crippen molar-refractivity contribution in [3.8, 4) is 0 Å². The molecule has 0 amide bonds. The largest absolute Gasteiger partial charge is 0.459 e. The Morgan fingerprint density at radius 3 is 2.39 bits per heavy atom. The Kier molecular flexibility index (Phi) is 5.87. The monoisotopic (exact) mass is 492 g/mol. The first-order valence-corrected chi connectivity index (χ1v) is 12.8. The molecule has 2 aromatic carbocycles. The first-order valence-electron chi connectivity index (χ1n) is 12.8. The van der Waals surface area contributed by atoms with Gasteiger partial charge in [0.15, 0.2) is 0 Å². The van der Waals surface area contributed by atoms with E-state index < -0.39 is 12.2 Å². The molecule has 4 aliphatic rings. The van der Waals surface area contributed by atoms with Gasteiger partial charge in [-0.2, -0.15) is 0 Å². The number of benzene rings is 2. The highest BCUT2D eigenvalue weighted by atomic mass is 16.5. The van der Waals surface area contributed by atoms with Gasteiger partial charge in [-0.3, -0.25) is 9.80 Å². The van der Waals surface area contributed by atoms with Crippen LogP contribution in [0.2, 0.25) is 0 Å². The lowest BCUT2D eigenvalue weighted by molar-refractivity contribution is 0.0299. The molecule has 8 nitrogen and oxygen atoms in total. The van der Waals surface area contributed by atoms with Crippen LogP contribution >= 0.6 is 0 Å². The molecule has 190 valence electrons. The SMILES string of the molecule is Cc1c([C@@H](O)CN2C[C@H]3C[C@@H]2CN3C[C@@H](O)c2ccc3c(c2)C[C@H](C)OC3=O)ccc2c1COC2=O. The van der Waals surface area contributed by atoms with Crippen molar-refractivity contribution in [2.24, 2.45) is 0 Å². The minimum atomic E-state index is -0.631. The number of fused-ring (bicyclic) bond motifs is 4. The van der Waals surface area contributed by atoms with Crippen molar-refractivity contribution >= 4 is 11.9 Å². The number of hydrogen-bond acceptors (Lipinski definition) is 8. The van der Waals surface area contributed by atoms with E-state index in [0.717, 1.165) is 47.3 Å². The maximum atomic E-state index is 12.1. The number of rotatable bonds is 6. The summed E-state index contributed by atoms with van der Waals surface area (Å²) in [5.41, 5.74) is 5.65. The number of aliphatic hydroxyl groups excluding tert-OH is 2. The van der Waals surface area contributed by atoms with Crippen molar-refractivity contribution in [3.63, 3.8) is 0 Å². The predicted octanol–water partition coefficient (Wildman–Crippen LogP) is 2.29.